The minimum absolute atomic E-state index is 0.0153. The molecule has 0 radical (unpaired) electrons. The van der Waals surface area contributed by atoms with E-state index in [0.717, 1.165) is 25.8 Å². The van der Waals surface area contributed by atoms with Gasteiger partial charge in [0, 0.05) is 44.7 Å². The van der Waals surface area contributed by atoms with Crippen molar-refractivity contribution in [1.82, 2.24) is 19.2 Å². The van der Waals surface area contributed by atoms with Gasteiger partial charge in [0.1, 0.15) is 5.54 Å². The molecule has 7 N–H and O–H groups in total. The van der Waals surface area contributed by atoms with Crippen LogP contribution in [0.1, 0.15) is 32.1 Å². The van der Waals surface area contributed by atoms with Crippen LogP contribution in [0.2, 0.25) is 6.32 Å². The Bertz CT molecular complexity index is 703. The van der Waals surface area contributed by atoms with Crippen LogP contribution in [0.3, 0.4) is 0 Å². The second-order valence-corrected chi connectivity index (χ2v) is 10.7. The van der Waals surface area contributed by atoms with Crippen molar-refractivity contribution in [3.63, 3.8) is 0 Å². The number of carboxylic acids is 1. The Balaban J connectivity index is 1.75. The molecule has 3 rings (SSSR count). The summed E-state index contributed by atoms with van der Waals surface area (Å²) in [6, 6.07) is -0.0695. The Hall–Kier alpha value is -0.795. The third kappa shape index (κ3) is 5.15. The van der Waals surface area contributed by atoms with Crippen LogP contribution in [0.5, 0.6) is 0 Å². The molecule has 3 saturated heterocycles. The number of nitrogens with two attached hydrogens (primary N) is 1. The van der Waals surface area contributed by atoms with Gasteiger partial charge in [-0.3, -0.25) is 4.79 Å². The lowest BCUT2D eigenvalue weighted by atomic mass is 9.78. The van der Waals surface area contributed by atoms with E-state index in [1.807, 2.05) is 0 Å². The average molecular weight is 447 g/mol. The normalized spacial score (nSPS) is 31.1. The summed E-state index contributed by atoms with van der Waals surface area (Å²) in [6.07, 6.45) is 3.80. The molecule has 0 saturated carbocycles. The summed E-state index contributed by atoms with van der Waals surface area (Å²) in [4.78, 5) is 11.9. The Morgan fingerprint density at radius 3 is 2.57 bits per heavy atom. The predicted octanol–water partition coefficient (Wildman–Crippen LogP) is -2.39. The molecule has 30 heavy (non-hydrogen) atoms. The predicted molar refractivity (Wildman–Crippen MR) is 112 cm³/mol. The fourth-order valence-electron chi connectivity index (χ4n) is 4.56. The van der Waals surface area contributed by atoms with Crippen LogP contribution in [-0.4, -0.2) is 102 Å². The lowest BCUT2D eigenvalue weighted by molar-refractivity contribution is -0.144. The van der Waals surface area contributed by atoms with Gasteiger partial charge in [-0.25, -0.2) is 0 Å². The first-order chi connectivity index (χ1) is 14.1. The van der Waals surface area contributed by atoms with E-state index in [1.54, 1.807) is 0 Å². The maximum atomic E-state index is 13.5. The molecule has 0 aromatic heterocycles. The summed E-state index contributed by atoms with van der Waals surface area (Å²) in [6.45, 7) is 2.11. The average Bonchev–Trinajstić information content (AvgIpc) is 2.99. The molecule has 0 spiro atoms. The fraction of sp³-hybridized carbons (Fsp3) is 0.941. The highest BCUT2D eigenvalue weighted by Gasteiger charge is 2.54. The first-order valence-electron chi connectivity index (χ1n) is 10.7. The molecule has 0 aliphatic carbocycles. The number of rotatable bonds is 10. The number of nitrogens with zero attached hydrogens (tertiary/aromatic N) is 2. The van der Waals surface area contributed by atoms with Gasteiger partial charge in [0.2, 0.25) is 0 Å². The second-order valence-electron chi connectivity index (χ2n) is 8.78. The third-order valence-corrected chi connectivity index (χ3v) is 8.58. The van der Waals surface area contributed by atoms with E-state index < -0.39 is 34.8 Å². The van der Waals surface area contributed by atoms with Crippen molar-refractivity contribution in [2.45, 2.75) is 56.0 Å². The number of hydrogen-bond acceptors (Lipinski definition) is 8. The maximum absolute atomic E-state index is 13.5. The Kier molecular flexibility index (Phi) is 7.78. The summed E-state index contributed by atoms with van der Waals surface area (Å²) in [5, 5.41) is 34.3. The summed E-state index contributed by atoms with van der Waals surface area (Å²) >= 11 is 0. The van der Waals surface area contributed by atoms with E-state index in [1.165, 1.54) is 8.61 Å². The highest BCUT2D eigenvalue weighted by molar-refractivity contribution is 7.86. The first-order valence-corrected chi connectivity index (χ1v) is 12.1. The molecule has 3 heterocycles. The Morgan fingerprint density at radius 1 is 1.30 bits per heavy atom. The molecule has 13 heteroatoms. The first kappa shape index (κ1) is 23.9. The third-order valence-electron chi connectivity index (χ3n) is 6.61. The van der Waals surface area contributed by atoms with Crippen molar-refractivity contribution in [3.8, 4) is 0 Å². The molecule has 11 nitrogen and oxygen atoms in total. The molecule has 3 fully saturated rings. The van der Waals surface area contributed by atoms with E-state index in [2.05, 4.69) is 10.6 Å². The highest BCUT2D eigenvalue weighted by atomic mass is 32.2. The second kappa shape index (κ2) is 9.78. The standard InChI is InChI=1S/C17H34BN5O6S/c19-17(16(24)25)12-22(10-13(17)4-3-6-18(26)27)30(28,29)23(15-8-20-9-15)11-14-5-1-2-7-21-14/h13-15,20-21,26-27H,1-12,19H2,(H,24,25)/t13-,14?,17-/m0/s1. The van der Waals surface area contributed by atoms with Crippen molar-refractivity contribution < 1.29 is 28.4 Å². The van der Waals surface area contributed by atoms with Crippen LogP contribution in [0, 0.1) is 5.92 Å². The van der Waals surface area contributed by atoms with Crippen LogP contribution < -0.4 is 16.4 Å². The van der Waals surface area contributed by atoms with Gasteiger partial charge in [-0.2, -0.15) is 17.0 Å². The van der Waals surface area contributed by atoms with E-state index in [9.17, 15) is 18.3 Å². The van der Waals surface area contributed by atoms with Crippen LogP contribution in [0.25, 0.3) is 0 Å². The summed E-state index contributed by atoms with van der Waals surface area (Å²) in [7, 11) is -5.37. The molecule has 3 atom stereocenters. The van der Waals surface area contributed by atoms with Crippen LogP contribution in [0.15, 0.2) is 0 Å². The zero-order valence-corrected chi connectivity index (χ0v) is 18.1. The topological polar surface area (TPSA) is 168 Å². The van der Waals surface area contributed by atoms with Gasteiger partial charge in [-0.1, -0.05) is 12.8 Å². The van der Waals surface area contributed by atoms with E-state index in [0.29, 0.717) is 32.5 Å². The lowest BCUT2D eigenvalue weighted by Crippen LogP contribution is -2.63. The highest BCUT2D eigenvalue weighted by Crippen LogP contribution is 2.34. The van der Waals surface area contributed by atoms with Gasteiger partial charge < -0.3 is 31.5 Å². The van der Waals surface area contributed by atoms with E-state index in [-0.39, 0.29) is 31.5 Å². The maximum Gasteiger partial charge on any atom is 0.451 e. The van der Waals surface area contributed by atoms with Crippen molar-refractivity contribution in [2.24, 2.45) is 11.7 Å². The number of carbonyl (C=O) groups is 1. The van der Waals surface area contributed by atoms with Gasteiger partial charge >= 0.3 is 13.1 Å². The smallest absolute Gasteiger partial charge is 0.451 e. The van der Waals surface area contributed by atoms with E-state index >= 15 is 0 Å². The van der Waals surface area contributed by atoms with Crippen LogP contribution in [-0.2, 0) is 15.0 Å². The Morgan fingerprint density at radius 2 is 2.03 bits per heavy atom. The zero-order chi connectivity index (χ0) is 21.9. The van der Waals surface area contributed by atoms with Crippen molar-refractivity contribution >= 4 is 23.3 Å². The van der Waals surface area contributed by atoms with Crippen LogP contribution in [0.4, 0.5) is 0 Å². The molecule has 3 aliphatic rings. The molecule has 0 amide bonds. The number of carboxylic acid groups (broad SMARTS) is 1. The molecular formula is C17H34BN5O6S. The summed E-state index contributed by atoms with van der Waals surface area (Å²) in [5.74, 6) is -1.83. The number of nitrogens with one attached hydrogen (secondary N) is 2. The zero-order valence-electron chi connectivity index (χ0n) is 17.2. The molecule has 1 unspecified atom stereocenters. The summed E-state index contributed by atoms with van der Waals surface area (Å²) < 4.78 is 29.8. The van der Waals surface area contributed by atoms with Gasteiger partial charge in [0.25, 0.3) is 10.2 Å². The van der Waals surface area contributed by atoms with Crippen molar-refractivity contribution in [2.75, 3.05) is 39.3 Å². The molecule has 0 aromatic rings. The fourth-order valence-corrected chi connectivity index (χ4v) is 6.50. The lowest BCUT2D eigenvalue weighted by Gasteiger charge is -2.41. The van der Waals surface area contributed by atoms with Gasteiger partial charge in [-0.15, -0.1) is 0 Å². The minimum atomic E-state index is -3.89. The quantitative estimate of drug-likeness (QED) is 0.200. The largest absolute Gasteiger partial charge is 0.480 e. The SMILES string of the molecule is N[C@@]1(C(=O)O)CN(S(=O)(=O)N(CC2CCCCN2)C2CNC2)C[C@@H]1CCCB(O)O. The molecule has 172 valence electrons. The van der Waals surface area contributed by atoms with Crippen LogP contribution >= 0.6 is 0 Å². The van der Waals surface area contributed by atoms with Gasteiger partial charge in [-0.05, 0) is 32.1 Å². The van der Waals surface area contributed by atoms with Gasteiger partial charge in [0.05, 0.1) is 6.04 Å². The Labute approximate surface area is 178 Å². The molecule has 0 aromatic carbocycles. The molecule has 3 aliphatic heterocycles. The summed E-state index contributed by atoms with van der Waals surface area (Å²) in [5.41, 5.74) is 4.49. The number of aliphatic carboxylic acids is 1. The monoisotopic (exact) mass is 447 g/mol. The number of hydrogen-bond donors (Lipinski definition) is 6. The number of piperidine rings is 1. The van der Waals surface area contributed by atoms with E-state index in [4.69, 9.17) is 15.8 Å². The molecule has 0 bridgehead atoms. The molecular weight excluding hydrogens is 413 g/mol. The minimum Gasteiger partial charge on any atom is -0.480 e. The van der Waals surface area contributed by atoms with Gasteiger partial charge in [0.15, 0.2) is 0 Å². The van der Waals surface area contributed by atoms with Crippen molar-refractivity contribution in [3.05, 3.63) is 0 Å². The van der Waals surface area contributed by atoms with Crippen molar-refractivity contribution in [1.29, 1.82) is 0 Å².